The molecule has 1 atom stereocenters. The van der Waals surface area contributed by atoms with Gasteiger partial charge in [0.1, 0.15) is 5.54 Å². The van der Waals surface area contributed by atoms with Gasteiger partial charge in [0.15, 0.2) is 0 Å². The smallest absolute Gasteiger partial charge is 0.326 e. The van der Waals surface area contributed by atoms with Gasteiger partial charge in [-0.05, 0) is 30.0 Å². The molecule has 7 nitrogen and oxygen atoms in total. The highest BCUT2D eigenvalue weighted by atomic mass is 31.2. The Labute approximate surface area is 205 Å². The summed E-state index contributed by atoms with van der Waals surface area (Å²) in [7, 11) is -4.48. The Bertz CT molecular complexity index is 1050. The third-order valence-electron chi connectivity index (χ3n) is 5.75. The van der Waals surface area contributed by atoms with Gasteiger partial charge in [-0.15, -0.1) is 0 Å². The van der Waals surface area contributed by atoms with Gasteiger partial charge in [-0.2, -0.15) is 0 Å². The van der Waals surface area contributed by atoms with Crippen LogP contribution >= 0.6 is 7.60 Å². The van der Waals surface area contributed by atoms with Gasteiger partial charge in [0.25, 0.3) is 0 Å². The molecule has 0 fully saturated rings. The van der Waals surface area contributed by atoms with Gasteiger partial charge in [0, 0.05) is 6.42 Å². The molecule has 0 saturated heterocycles. The standard InChI is InChI=1S/C27H30NO6P/c1-2-34-26(30)21(20-35(31,32)33)18-19-25(29)28-27(22-12-6-3-7-13-22,23-14-8-4-9-15-23)24-16-10-5-11-17-24/h3-17,21H,2,18-20H2,1H3,(H,28,29)(H2,31,32,33). The maximum Gasteiger partial charge on any atom is 0.326 e. The molecular formula is C27H30NO6P. The molecule has 0 spiro atoms. The molecule has 3 rings (SSSR count). The highest BCUT2D eigenvalue weighted by molar-refractivity contribution is 7.51. The van der Waals surface area contributed by atoms with Gasteiger partial charge in [0.2, 0.25) is 5.91 Å². The second-order valence-electron chi connectivity index (χ2n) is 8.23. The molecule has 3 N–H and O–H groups in total. The van der Waals surface area contributed by atoms with Crippen LogP contribution in [0, 0.1) is 5.92 Å². The van der Waals surface area contributed by atoms with Gasteiger partial charge in [0.05, 0.1) is 18.7 Å². The lowest BCUT2D eigenvalue weighted by Crippen LogP contribution is -2.48. The van der Waals surface area contributed by atoms with E-state index in [1.165, 1.54) is 0 Å². The lowest BCUT2D eigenvalue weighted by Gasteiger charge is -2.37. The van der Waals surface area contributed by atoms with Crippen LogP contribution in [0.2, 0.25) is 0 Å². The van der Waals surface area contributed by atoms with Gasteiger partial charge < -0.3 is 19.8 Å². The molecule has 0 heterocycles. The maximum absolute atomic E-state index is 13.4. The average Bonchev–Trinajstić information content (AvgIpc) is 2.86. The summed E-state index contributed by atoms with van der Waals surface area (Å²) in [4.78, 5) is 44.5. The van der Waals surface area contributed by atoms with E-state index < -0.39 is 31.2 Å². The average molecular weight is 496 g/mol. The largest absolute Gasteiger partial charge is 0.466 e. The van der Waals surface area contributed by atoms with Crippen LogP contribution in [0.5, 0.6) is 0 Å². The van der Waals surface area contributed by atoms with Crippen LogP contribution in [-0.2, 0) is 24.4 Å². The molecule has 184 valence electrons. The van der Waals surface area contributed by atoms with Crippen LogP contribution in [0.3, 0.4) is 0 Å². The topological polar surface area (TPSA) is 113 Å². The number of ether oxygens (including phenoxy) is 1. The molecule has 0 aliphatic rings. The molecule has 0 radical (unpaired) electrons. The molecule has 8 heteroatoms. The van der Waals surface area contributed by atoms with Crippen molar-refractivity contribution >= 4 is 19.5 Å². The molecule has 0 bridgehead atoms. The van der Waals surface area contributed by atoms with Crippen LogP contribution in [0.1, 0.15) is 36.5 Å². The summed E-state index contributed by atoms with van der Waals surface area (Å²) in [5.41, 5.74) is 1.54. The van der Waals surface area contributed by atoms with Crippen LogP contribution in [0.4, 0.5) is 0 Å². The summed E-state index contributed by atoms with van der Waals surface area (Å²) in [5, 5.41) is 3.18. The van der Waals surface area contributed by atoms with Crippen LogP contribution in [-0.4, -0.2) is 34.4 Å². The molecule has 0 aliphatic heterocycles. The van der Waals surface area contributed by atoms with E-state index in [1.54, 1.807) is 6.92 Å². The zero-order valence-corrected chi connectivity index (χ0v) is 20.4. The van der Waals surface area contributed by atoms with Gasteiger partial charge in [-0.3, -0.25) is 14.2 Å². The number of hydrogen-bond donors (Lipinski definition) is 3. The molecule has 35 heavy (non-hydrogen) atoms. The number of benzene rings is 3. The molecular weight excluding hydrogens is 465 g/mol. The van der Waals surface area contributed by atoms with Crippen LogP contribution in [0.15, 0.2) is 91.0 Å². The second-order valence-corrected chi connectivity index (χ2v) is 9.93. The Morgan fingerprint density at radius 1 is 0.857 bits per heavy atom. The highest BCUT2D eigenvalue weighted by Gasteiger charge is 2.38. The van der Waals surface area contributed by atoms with Crippen LogP contribution in [0.25, 0.3) is 0 Å². The van der Waals surface area contributed by atoms with E-state index in [9.17, 15) is 23.9 Å². The first-order valence-corrected chi connectivity index (χ1v) is 13.2. The Morgan fingerprint density at radius 2 is 1.29 bits per heavy atom. The lowest BCUT2D eigenvalue weighted by molar-refractivity contribution is -0.147. The van der Waals surface area contributed by atoms with E-state index in [2.05, 4.69) is 5.32 Å². The minimum Gasteiger partial charge on any atom is -0.466 e. The number of carbonyl (C=O) groups excluding carboxylic acids is 2. The number of nitrogens with one attached hydrogen (secondary N) is 1. The minimum atomic E-state index is -4.48. The fraction of sp³-hybridized carbons (Fsp3) is 0.259. The number of rotatable bonds is 11. The van der Waals surface area contributed by atoms with Crippen molar-refractivity contribution in [2.45, 2.75) is 25.3 Å². The van der Waals surface area contributed by atoms with Crippen molar-refractivity contribution in [1.82, 2.24) is 5.32 Å². The Balaban J connectivity index is 1.97. The molecule has 0 aliphatic carbocycles. The van der Waals surface area contributed by atoms with Gasteiger partial charge in [-0.25, -0.2) is 0 Å². The second kappa shape index (κ2) is 11.9. The normalized spacial score (nSPS) is 12.5. The first kappa shape index (κ1) is 26.4. The van der Waals surface area contributed by atoms with E-state index >= 15 is 0 Å². The predicted molar refractivity (Wildman–Crippen MR) is 134 cm³/mol. The number of esters is 1. The monoisotopic (exact) mass is 495 g/mol. The fourth-order valence-corrected chi connectivity index (χ4v) is 5.09. The highest BCUT2D eigenvalue weighted by Crippen LogP contribution is 2.39. The third-order valence-corrected chi connectivity index (χ3v) is 6.66. The summed E-state index contributed by atoms with van der Waals surface area (Å²) < 4.78 is 16.5. The molecule has 1 unspecified atom stereocenters. The van der Waals surface area contributed by atoms with E-state index in [1.807, 2.05) is 91.0 Å². The molecule has 3 aromatic carbocycles. The Kier molecular flexibility index (Phi) is 8.99. The number of carbonyl (C=O) groups is 2. The van der Waals surface area contributed by atoms with E-state index in [-0.39, 0.29) is 25.4 Å². The summed E-state index contributed by atoms with van der Waals surface area (Å²) in [5.74, 6) is -2.16. The van der Waals surface area contributed by atoms with Crippen molar-refractivity contribution in [3.05, 3.63) is 108 Å². The lowest BCUT2D eigenvalue weighted by atomic mass is 9.77. The predicted octanol–water partition coefficient (Wildman–Crippen LogP) is 4.23. The van der Waals surface area contributed by atoms with Crippen molar-refractivity contribution < 1.29 is 28.7 Å². The quantitative estimate of drug-likeness (QED) is 0.208. The Morgan fingerprint density at radius 3 is 1.66 bits per heavy atom. The molecule has 1 amide bonds. The first-order valence-electron chi connectivity index (χ1n) is 11.4. The van der Waals surface area contributed by atoms with Crippen molar-refractivity contribution in [2.75, 3.05) is 12.8 Å². The SMILES string of the molecule is CCOC(=O)C(CCC(=O)NC(c1ccccc1)(c1ccccc1)c1ccccc1)CP(=O)(O)O. The fourth-order valence-electron chi connectivity index (χ4n) is 4.19. The third kappa shape index (κ3) is 6.89. The van der Waals surface area contributed by atoms with E-state index in [4.69, 9.17) is 4.74 Å². The number of amides is 1. The van der Waals surface area contributed by atoms with E-state index in [0.29, 0.717) is 0 Å². The van der Waals surface area contributed by atoms with Gasteiger partial charge >= 0.3 is 13.6 Å². The van der Waals surface area contributed by atoms with Crippen molar-refractivity contribution in [3.63, 3.8) is 0 Å². The summed E-state index contributed by atoms with van der Waals surface area (Å²) >= 11 is 0. The zero-order valence-electron chi connectivity index (χ0n) is 19.5. The Hall–Kier alpha value is -3.25. The summed E-state index contributed by atoms with van der Waals surface area (Å²) in [6, 6.07) is 28.8. The molecule has 0 saturated carbocycles. The van der Waals surface area contributed by atoms with Crippen molar-refractivity contribution in [3.8, 4) is 0 Å². The minimum absolute atomic E-state index is 0.0514. The first-order chi connectivity index (χ1) is 16.8. The summed E-state index contributed by atoms with van der Waals surface area (Å²) in [6.07, 6.45) is -0.831. The zero-order chi connectivity index (χ0) is 25.3. The summed E-state index contributed by atoms with van der Waals surface area (Å²) in [6.45, 7) is 1.70. The molecule has 0 aromatic heterocycles. The number of hydrogen-bond acceptors (Lipinski definition) is 4. The van der Waals surface area contributed by atoms with E-state index in [0.717, 1.165) is 16.7 Å². The van der Waals surface area contributed by atoms with Crippen LogP contribution < -0.4 is 5.32 Å². The maximum atomic E-state index is 13.4. The van der Waals surface area contributed by atoms with Crippen molar-refractivity contribution in [2.24, 2.45) is 5.92 Å². The van der Waals surface area contributed by atoms with Gasteiger partial charge in [-0.1, -0.05) is 91.0 Å². The molecule has 3 aromatic rings. The van der Waals surface area contributed by atoms with Crippen molar-refractivity contribution in [1.29, 1.82) is 0 Å².